The van der Waals surface area contributed by atoms with Crippen LogP contribution in [0.15, 0.2) is 29.3 Å². The van der Waals surface area contributed by atoms with Crippen LogP contribution in [0.1, 0.15) is 23.8 Å². The van der Waals surface area contributed by atoms with Crippen LogP contribution in [-0.4, -0.2) is 17.2 Å². The lowest BCUT2D eigenvalue weighted by atomic mass is 10.0. The zero-order valence-corrected chi connectivity index (χ0v) is 10.1. The van der Waals surface area contributed by atoms with Crippen molar-refractivity contribution in [2.75, 3.05) is 6.54 Å². The van der Waals surface area contributed by atoms with E-state index < -0.39 is 0 Å². The number of benzene rings is 1. The van der Waals surface area contributed by atoms with E-state index in [2.05, 4.69) is 16.0 Å². The van der Waals surface area contributed by atoms with E-state index in [4.69, 9.17) is 0 Å². The monoisotopic (exact) mass is 241 g/mol. The van der Waals surface area contributed by atoms with Gasteiger partial charge in [-0.2, -0.15) is 5.26 Å². The maximum Gasteiger partial charge on any atom is 0.136 e. The summed E-state index contributed by atoms with van der Waals surface area (Å²) in [6.07, 6.45) is 2.01. The molecule has 3 nitrogen and oxygen atoms in total. The summed E-state index contributed by atoms with van der Waals surface area (Å²) in [4.78, 5) is 8.96. The number of aromatic nitrogens is 1. The number of thiazole rings is 1. The summed E-state index contributed by atoms with van der Waals surface area (Å²) in [5.41, 5.74) is 1.98. The average molecular weight is 241 g/mol. The van der Waals surface area contributed by atoms with Gasteiger partial charge in [-0.1, -0.05) is 12.1 Å². The van der Waals surface area contributed by atoms with E-state index in [-0.39, 0.29) is 5.92 Å². The fourth-order valence-corrected chi connectivity index (χ4v) is 3.12. The van der Waals surface area contributed by atoms with Gasteiger partial charge < -0.3 is 0 Å². The van der Waals surface area contributed by atoms with Crippen LogP contribution in [0.2, 0.25) is 0 Å². The van der Waals surface area contributed by atoms with Crippen LogP contribution < -0.4 is 0 Å². The van der Waals surface area contributed by atoms with Crippen LogP contribution in [0, 0.1) is 11.3 Å². The Morgan fingerprint density at radius 2 is 2.24 bits per heavy atom. The Morgan fingerprint density at radius 1 is 1.35 bits per heavy atom. The molecule has 84 valence electrons. The van der Waals surface area contributed by atoms with Crippen molar-refractivity contribution in [3.63, 3.8) is 0 Å². The SMILES string of the molecule is N#C[C@H](C1=NCCC1)c1nc2ccccc2s1. The standard InChI is InChI=1S/C13H11N3S/c14-8-9(10-5-3-7-15-10)13-16-11-4-1-2-6-12(11)17-13/h1-2,4,6,9H,3,5,7H2/t9-/m1/s1. The van der Waals surface area contributed by atoms with Gasteiger partial charge in [-0.25, -0.2) is 4.98 Å². The molecule has 0 bridgehead atoms. The van der Waals surface area contributed by atoms with Crippen LogP contribution in [0.4, 0.5) is 0 Å². The van der Waals surface area contributed by atoms with Crippen molar-refractivity contribution in [2.45, 2.75) is 18.8 Å². The summed E-state index contributed by atoms with van der Waals surface area (Å²) < 4.78 is 1.14. The predicted molar refractivity (Wildman–Crippen MR) is 69.5 cm³/mol. The highest BCUT2D eigenvalue weighted by Crippen LogP contribution is 2.30. The average Bonchev–Trinajstić information content (AvgIpc) is 2.98. The molecule has 0 aliphatic carbocycles. The second kappa shape index (κ2) is 4.27. The molecule has 2 heterocycles. The molecule has 1 aromatic carbocycles. The highest BCUT2D eigenvalue weighted by Gasteiger charge is 2.23. The van der Waals surface area contributed by atoms with Crippen LogP contribution in [0.25, 0.3) is 10.2 Å². The highest BCUT2D eigenvalue weighted by atomic mass is 32.1. The van der Waals surface area contributed by atoms with Crippen molar-refractivity contribution in [2.24, 2.45) is 4.99 Å². The van der Waals surface area contributed by atoms with Gasteiger partial charge in [0.15, 0.2) is 0 Å². The first kappa shape index (κ1) is 10.4. The van der Waals surface area contributed by atoms with E-state index in [1.165, 1.54) is 0 Å². The summed E-state index contributed by atoms with van der Waals surface area (Å²) in [5.74, 6) is -0.241. The Kier molecular flexibility index (Phi) is 2.62. The quantitative estimate of drug-likeness (QED) is 0.811. The van der Waals surface area contributed by atoms with Gasteiger partial charge >= 0.3 is 0 Å². The molecule has 0 radical (unpaired) electrons. The Morgan fingerprint density at radius 3 is 2.94 bits per heavy atom. The van der Waals surface area contributed by atoms with E-state index in [1.807, 2.05) is 24.3 Å². The minimum atomic E-state index is -0.241. The molecule has 0 N–H and O–H groups in total. The van der Waals surface area contributed by atoms with Crippen molar-refractivity contribution in [1.82, 2.24) is 4.98 Å². The normalized spacial score (nSPS) is 16.8. The molecule has 0 amide bonds. The third-order valence-corrected chi connectivity index (χ3v) is 4.03. The van der Waals surface area contributed by atoms with E-state index in [1.54, 1.807) is 11.3 Å². The largest absolute Gasteiger partial charge is 0.292 e. The lowest BCUT2D eigenvalue weighted by molar-refractivity contribution is 0.946. The third-order valence-electron chi connectivity index (χ3n) is 2.93. The van der Waals surface area contributed by atoms with Crippen LogP contribution in [0.5, 0.6) is 0 Å². The third kappa shape index (κ3) is 1.83. The predicted octanol–water partition coefficient (Wildman–Crippen LogP) is 3.14. The van der Waals surface area contributed by atoms with Crippen LogP contribution >= 0.6 is 11.3 Å². The fraction of sp³-hybridized carbons (Fsp3) is 0.308. The van der Waals surface area contributed by atoms with Crippen LogP contribution in [-0.2, 0) is 0 Å². The topological polar surface area (TPSA) is 49.0 Å². The summed E-state index contributed by atoms with van der Waals surface area (Å²) in [5, 5.41) is 10.2. The smallest absolute Gasteiger partial charge is 0.136 e. The first-order chi connectivity index (χ1) is 8.38. The molecule has 2 aromatic rings. The van der Waals surface area contributed by atoms with E-state index >= 15 is 0 Å². The maximum absolute atomic E-state index is 9.30. The van der Waals surface area contributed by atoms with Gasteiger partial charge in [-0.15, -0.1) is 11.3 Å². The molecule has 3 rings (SSSR count). The number of aliphatic imine (C=N–C) groups is 1. The number of fused-ring (bicyclic) bond motifs is 1. The van der Waals surface area contributed by atoms with Crippen molar-refractivity contribution < 1.29 is 0 Å². The zero-order chi connectivity index (χ0) is 11.7. The minimum absolute atomic E-state index is 0.241. The number of rotatable bonds is 2. The Balaban J connectivity index is 2.04. The highest BCUT2D eigenvalue weighted by molar-refractivity contribution is 7.18. The molecule has 0 spiro atoms. The molecule has 0 unspecified atom stereocenters. The second-order valence-electron chi connectivity index (χ2n) is 4.06. The minimum Gasteiger partial charge on any atom is -0.292 e. The number of hydrogen-bond acceptors (Lipinski definition) is 4. The van der Waals surface area contributed by atoms with Crippen molar-refractivity contribution in [1.29, 1.82) is 5.26 Å². The van der Waals surface area contributed by atoms with Crippen molar-refractivity contribution in [3.8, 4) is 6.07 Å². The van der Waals surface area contributed by atoms with Crippen molar-refractivity contribution >= 4 is 27.3 Å². The lowest BCUT2D eigenvalue weighted by Gasteiger charge is -2.03. The Labute approximate surface area is 103 Å². The van der Waals surface area contributed by atoms with Gasteiger partial charge in [0.1, 0.15) is 10.9 Å². The number of nitriles is 1. The van der Waals surface area contributed by atoms with Gasteiger partial charge in [-0.3, -0.25) is 4.99 Å². The van der Waals surface area contributed by atoms with E-state index in [0.717, 1.165) is 40.3 Å². The molecule has 0 fully saturated rings. The second-order valence-corrected chi connectivity index (χ2v) is 5.12. The molecular weight excluding hydrogens is 230 g/mol. The Bertz CT molecular complexity index is 588. The van der Waals surface area contributed by atoms with Gasteiger partial charge in [0.25, 0.3) is 0 Å². The van der Waals surface area contributed by atoms with Crippen molar-refractivity contribution in [3.05, 3.63) is 29.3 Å². The molecule has 1 atom stereocenters. The molecule has 0 saturated carbocycles. The summed E-state index contributed by atoms with van der Waals surface area (Å²) >= 11 is 1.60. The van der Waals surface area contributed by atoms with E-state index in [0.29, 0.717) is 0 Å². The molecule has 1 aliphatic heterocycles. The number of nitrogens with zero attached hydrogens (tertiary/aromatic N) is 3. The number of hydrogen-bond donors (Lipinski definition) is 0. The van der Waals surface area contributed by atoms with Gasteiger partial charge in [0, 0.05) is 12.3 Å². The molecular formula is C13H11N3S. The molecule has 1 aliphatic rings. The number of para-hydroxylation sites is 1. The maximum atomic E-state index is 9.30. The molecule has 4 heteroatoms. The van der Waals surface area contributed by atoms with Crippen LogP contribution in [0.3, 0.4) is 0 Å². The summed E-state index contributed by atoms with van der Waals surface area (Å²) in [6, 6.07) is 10.3. The molecule has 17 heavy (non-hydrogen) atoms. The lowest BCUT2D eigenvalue weighted by Crippen LogP contribution is -2.07. The zero-order valence-electron chi connectivity index (χ0n) is 9.26. The first-order valence-electron chi connectivity index (χ1n) is 5.67. The Hall–Kier alpha value is -1.73. The first-order valence-corrected chi connectivity index (χ1v) is 6.48. The van der Waals surface area contributed by atoms with E-state index in [9.17, 15) is 5.26 Å². The van der Waals surface area contributed by atoms with Gasteiger partial charge in [0.2, 0.25) is 0 Å². The van der Waals surface area contributed by atoms with Gasteiger partial charge in [-0.05, 0) is 25.0 Å². The summed E-state index contributed by atoms with van der Waals surface area (Å²) in [7, 11) is 0. The fourth-order valence-electron chi connectivity index (χ4n) is 2.08. The van der Waals surface area contributed by atoms with Gasteiger partial charge in [0.05, 0.1) is 16.3 Å². The summed E-state index contributed by atoms with van der Waals surface area (Å²) in [6.45, 7) is 0.860. The molecule has 1 aromatic heterocycles. The molecule has 0 saturated heterocycles.